The summed E-state index contributed by atoms with van der Waals surface area (Å²) in [6.45, 7) is 0. The van der Waals surface area contributed by atoms with E-state index in [9.17, 15) is 14.4 Å². The molecule has 7 nitrogen and oxygen atoms in total. The molecule has 0 bridgehead atoms. The first kappa shape index (κ1) is 17.4. The van der Waals surface area contributed by atoms with Crippen LogP contribution in [-0.2, 0) is 9.59 Å². The number of halogens is 2. The molecule has 21 heavy (non-hydrogen) atoms. The number of benzene rings is 1. The van der Waals surface area contributed by atoms with E-state index >= 15 is 0 Å². The maximum Gasteiger partial charge on any atom is 0.326 e. The van der Waals surface area contributed by atoms with E-state index in [0.717, 1.165) is 4.47 Å². The van der Waals surface area contributed by atoms with Gasteiger partial charge < -0.3 is 21.5 Å². The fourth-order valence-corrected chi connectivity index (χ4v) is 2.16. The van der Waals surface area contributed by atoms with E-state index < -0.39 is 23.9 Å². The summed E-state index contributed by atoms with van der Waals surface area (Å²) in [7, 11) is 0. The summed E-state index contributed by atoms with van der Waals surface area (Å²) < 4.78 is 1.40. The van der Waals surface area contributed by atoms with Crippen molar-refractivity contribution in [1.29, 1.82) is 0 Å². The Morgan fingerprint density at radius 3 is 2.52 bits per heavy atom. The van der Waals surface area contributed by atoms with E-state index in [1.807, 2.05) is 0 Å². The first-order valence-electron chi connectivity index (χ1n) is 5.83. The number of rotatable bonds is 6. The fraction of sp³-hybridized carbons (Fsp3) is 0.250. The molecule has 0 saturated heterocycles. The number of carboxylic acid groups (broad SMARTS) is 1. The summed E-state index contributed by atoms with van der Waals surface area (Å²) in [5.41, 5.74) is 5.43. The lowest BCUT2D eigenvalue weighted by Gasteiger charge is -2.15. The molecular formula is C12H13Br2N3O4. The average molecular weight is 423 g/mol. The Kier molecular flexibility index (Phi) is 6.63. The maximum atomic E-state index is 11.8. The standard InChI is InChI=1S/C12H13Br2N3O4/c13-6-1-2-7(14)9(5-6)17-12(21)16-8(11(19)20)3-4-10(15)18/h1-2,5,8H,3-4H2,(H2,15,18)(H,19,20)(H2,16,17,21)/t8-/m0/s1. The van der Waals surface area contributed by atoms with Crippen LogP contribution < -0.4 is 16.4 Å². The molecule has 0 fully saturated rings. The minimum absolute atomic E-state index is 0.0717. The van der Waals surface area contributed by atoms with Crippen LogP contribution in [0.1, 0.15) is 12.8 Å². The second kappa shape index (κ2) is 7.99. The van der Waals surface area contributed by atoms with Crippen molar-refractivity contribution in [2.24, 2.45) is 5.73 Å². The lowest BCUT2D eigenvalue weighted by Crippen LogP contribution is -2.43. The predicted octanol–water partition coefficient (Wildman–Crippen LogP) is 2.05. The Morgan fingerprint density at radius 2 is 1.95 bits per heavy atom. The lowest BCUT2D eigenvalue weighted by molar-refractivity contribution is -0.139. The molecule has 0 aliphatic heterocycles. The van der Waals surface area contributed by atoms with E-state index in [1.54, 1.807) is 18.2 Å². The second-order valence-electron chi connectivity index (χ2n) is 4.12. The van der Waals surface area contributed by atoms with Crippen molar-refractivity contribution in [3.05, 3.63) is 27.1 Å². The fourth-order valence-electron chi connectivity index (χ4n) is 1.45. The first-order valence-corrected chi connectivity index (χ1v) is 7.42. The molecule has 9 heteroatoms. The van der Waals surface area contributed by atoms with Crippen molar-refractivity contribution in [3.63, 3.8) is 0 Å². The zero-order valence-corrected chi connectivity index (χ0v) is 13.9. The van der Waals surface area contributed by atoms with Crippen molar-refractivity contribution in [2.75, 3.05) is 5.32 Å². The smallest absolute Gasteiger partial charge is 0.326 e. The highest BCUT2D eigenvalue weighted by Gasteiger charge is 2.20. The van der Waals surface area contributed by atoms with Gasteiger partial charge in [0.2, 0.25) is 5.91 Å². The van der Waals surface area contributed by atoms with Crippen molar-refractivity contribution < 1.29 is 19.5 Å². The molecule has 0 heterocycles. The second-order valence-corrected chi connectivity index (χ2v) is 5.89. The number of carbonyl (C=O) groups excluding carboxylic acids is 2. The normalized spacial score (nSPS) is 11.5. The van der Waals surface area contributed by atoms with Crippen molar-refractivity contribution >= 4 is 55.5 Å². The summed E-state index contributed by atoms with van der Waals surface area (Å²) >= 11 is 6.53. The number of nitrogens with one attached hydrogen (secondary N) is 2. The molecule has 1 rings (SSSR count). The molecule has 1 aromatic carbocycles. The van der Waals surface area contributed by atoms with Crippen LogP contribution in [0.3, 0.4) is 0 Å². The molecule has 0 spiro atoms. The zero-order valence-electron chi connectivity index (χ0n) is 10.7. The molecule has 0 unspecified atom stereocenters. The van der Waals surface area contributed by atoms with Crippen molar-refractivity contribution in [1.82, 2.24) is 5.32 Å². The SMILES string of the molecule is NC(=O)CC[C@H](NC(=O)Nc1cc(Br)ccc1Br)C(=O)O. The number of amides is 3. The van der Waals surface area contributed by atoms with Gasteiger partial charge in [0.15, 0.2) is 0 Å². The van der Waals surface area contributed by atoms with Crippen LogP contribution in [0, 0.1) is 0 Å². The Labute approximate surface area is 137 Å². The lowest BCUT2D eigenvalue weighted by atomic mass is 10.1. The molecular weight excluding hydrogens is 410 g/mol. The van der Waals surface area contributed by atoms with Gasteiger partial charge in [-0.3, -0.25) is 4.79 Å². The summed E-state index contributed by atoms with van der Waals surface area (Å²) in [5.74, 6) is -1.86. The van der Waals surface area contributed by atoms with Crippen LogP contribution >= 0.6 is 31.9 Å². The third-order valence-corrected chi connectivity index (χ3v) is 3.64. The average Bonchev–Trinajstić information content (AvgIpc) is 2.38. The molecule has 114 valence electrons. The highest BCUT2D eigenvalue weighted by Crippen LogP contribution is 2.26. The summed E-state index contributed by atoms with van der Waals surface area (Å²) in [6.07, 6.45) is -0.199. The van der Waals surface area contributed by atoms with E-state index in [1.165, 1.54) is 0 Å². The van der Waals surface area contributed by atoms with Gasteiger partial charge in [-0.05, 0) is 40.5 Å². The topological polar surface area (TPSA) is 122 Å². The largest absolute Gasteiger partial charge is 0.480 e. The Bertz CT molecular complexity index is 565. The molecule has 0 saturated carbocycles. The number of aliphatic carboxylic acids is 1. The number of carbonyl (C=O) groups is 3. The molecule has 3 amide bonds. The highest BCUT2D eigenvalue weighted by atomic mass is 79.9. The number of nitrogens with two attached hydrogens (primary N) is 1. The Morgan fingerprint density at radius 1 is 1.29 bits per heavy atom. The maximum absolute atomic E-state index is 11.8. The van der Waals surface area contributed by atoms with Crippen LogP contribution in [0.5, 0.6) is 0 Å². The first-order chi connectivity index (χ1) is 9.79. The van der Waals surface area contributed by atoms with Gasteiger partial charge in [-0.2, -0.15) is 0 Å². The van der Waals surface area contributed by atoms with Gasteiger partial charge in [0.1, 0.15) is 6.04 Å². The van der Waals surface area contributed by atoms with E-state index in [-0.39, 0.29) is 12.8 Å². The molecule has 5 N–H and O–H groups in total. The Balaban J connectivity index is 2.67. The zero-order chi connectivity index (χ0) is 16.0. The van der Waals surface area contributed by atoms with Crippen LogP contribution in [0.25, 0.3) is 0 Å². The van der Waals surface area contributed by atoms with Gasteiger partial charge >= 0.3 is 12.0 Å². The third kappa shape index (κ3) is 6.13. The number of urea groups is 1. The number of hydrogen-bond donors (Lipinski definition) is 4. The van der Waals surface area contributed by atoms with Gasteiger partial charge in [-0.15, -0.1) is 0 Å². The quantitative estimate of drug-likeness (QED) is 0.560. The number of hydrogen-bond acceptors (Lipinski definition) is 3. The molecule has 0 aliphatic carbocycles. The third-order valence-electron chi connectivity index (χ3n) is 2.46. The van der Waals surface area contributed by atoms with Crippen LogP contribution in [0.15, 0.2) is 27.1 Å². The van der Waals surface area contributed by atoms with Gasteiger partial charge in [0, 0.05) is 15.4 Å². The molecule has 0 aliphatic rings. The van der Waals surface area contributed by atoms with Gasteiger partial charge in [-0.1, -0.05) is 15.9 Å². The predicted molar refractivity (Wildman–Crippen MR) is 83.8 cm³/mol. The number of primary amides is 1. The van der Waals surface area contributed by atoms with Crippen LogP contribution in [0.4, 0.5) is 10.5 Å². The van der Waals surface area contributed by atoms with Gasteiger partial charge in [0.25, 0.3) is 0 Å². The highest BCUT2D eigenvalue weighted by molar-refractivity contribution is 9.11. The molecule has 1 aromatic rings. The minimum Gasteiger partial charge on any atom is -0.480 e. The summed E-state index contributed by atoms with van der Waals surface area (Å²) in [6, 6.07) is 3.28. The van der Waals surface area contributed by atoms with Crippen LogP contribution in [0.2, 0.25) is 0 Å². The van der Waals surface area contributed by atoms with E-state index in [0.29, 0.717) is 10.2 Å². The minimum atomic E-state index is -1.24. The number of carboxylic acids is 1. The summed E-state index contributed by atoms with van der Waals surface area (Å²) in [4.78, 5) is 33.5. The van der Waals surface area contributed by atoms with E-state index in [2.05, 4.69) is 42.5 Å². The molecule has 1 atom stereocenters. The van der Waals surface area contributed by atoms with E-state index in [4.69, 9.17) is 10.8 Å². The number of anilines is 1. The Hall–Kier alpha value is -1.61. The molecule has 0 radical (unpaired) electrons. The van der Waals surface area contributed by atoms with Crippen molar-refractivity contribution in [3.8, 4) is 0 Å². The van der Waals surface area contributed by atoms with Crippen LogP contribution in [-0.4, -0.2) is 29.1 Å². The molecule has 0 aromatic heterocycles. The van der Waals surface area contributed by atoms with Gasteiger partial charge in [0.05, 0.1) is 5.69 Å². The monoisotopic (exact) mass is 421 g/mol. The summed E-state index contributed by atoms with van der Waals surface area (Å²) in [5, 5.41) is 13.8. The van der Waals surface area contributed by atoms with Crippen molar-refractivity contribution in [2.45, 2.75) is 18.9 Å². The van der Waals surface area contributed by atoms with Gasteiger partial charge in [-0.25, -0.2) is 9.59 Å².